The van der Waals surface area contributed by atoms with Crippen molar-refractivity contribution in [2.75, 3.05) is 5.32 Å². The molecule has 9 heteroatoms. The second-order valence-electron chi connectivity index (χ2n) is 4.79. The van der Waals surface area contributed by atoms with Crippen LogP contribution in [0.2, 0.25) is 0 Å². The summed E-state index contributed by atoms with van der Waals surface area (Å²) in [5.74, 6) is -2.27. The summed E-state index contributed by atoms with van der Waals surface area (Å²) in [6.45, 7) is 1.80. The van der Waals surface area contributed by atoms with E-state index in [2.05, 4.69) is 20.6 Å². The molecule has 2 heterocycles. The molecule has 7 nitrogen and oxygen atoms in total. The molecule has 118 valence electrons. The molecule has 0 aliphatic rings. The number of anilines is 1. The summed E-state index contributed by atoms with van der Waals surface area (Å²) >= 11 is 0. The van der Waals surface area contributed by atoms with Gasteiger partial charge in [0.05, 0.1) is 5.56 Å². The first-order valence-electron chi connectivity index (χ1n) is 6.55. The van der Waals surface area contributed by atoms with Gasteiger partial charge in [-0.1, -0.05) is 5.10 Å². The van der Waals surface area contributed by atoms with Crippen LogP contribution in [-0.2, 0) is 7.05 Å². The third-order valence-electron chi connectivity index (χ3n) is 3.15. The Hall–Kier alpha value is -3.10. The van der Waals surface area contributed by atoms with Crippen LogP contribution in [0, 0.1) is 18.6 Å². The summed E-state index contributed by atoms with van der Waals surface area (Å²) in [6.07, 6.45) is 0. The van der Waals surface area contributed by atoms with Crippen LogP contribution < -0.4 is 5.32 Å². The lowest BCUT2D eigenvalue weighted by atomic mass is 10.2. The summed E-state index contributed by atoms with van der Waals surface area (Å²) in [7, 11) is 1.70. The van der Waals surface area contributed by atoms with E-state index in [4.69, 9.17) is 4.42 Å². The first-order valence-corrected chi connectivity index (χ1v) is 6.55. The molecule has 1 aromatic carbocycles. The molecule has 0 saturated carbocycles. The number of nitrogens with one attached hydrogen (secondary N) is 1. The monoisotopic (exact) mass is 319 g/mol. The number of carbonyl (C=O) groups is 1. The molecule has 0 fully saturated rings. The number of nitrogens with zero attached hydrogens (tertiary/aromatic N) is 4. The van der Waals surface area contributed by atoms with Crippen molar-refractivity contribution < 1.29 is 18.0 Å². The third kappa shape index (κ3) is 2.93. The second kappa shape index (κ2) is 5.59. The average Bonchev–Trinajstić information content (AvgIpc) is 3.07. The van der Waals surface area contributed by atoms with Gasteiger partial charge < -0.3 is 4.42 Å². The molecule has 0 saturated heterocycles. The Morgan fingerprint density at radius 2 is 2.04 bits per heavy atom. The Kier molecular flexibility index (Phi) is 3.61. The quantitative estimate of drug-likeness (QED) is 0.800. The number of hydrogen-bond donors (Lipinski definition) is 1. The number of hydrogen-bond acceptors (Lipinski definition) is 5. The Bertz CT molecular complexity index is 868. The van der Waals surface area contributed by atoms with Crippen LogP contribution in [0.5, 0.6) is 0 Å². The number of amides is 1. The van der Waals surface area contributed by atoms with E-state index in [9.17, 15) is 13.6 Å². The average molecular weight is 319 g/mol. The van der Waals surface area contributed by atoms with Crippen molar-refractivity contribution in [1.29, 1.82) is 0 Å². The molecule has 0 bridgehead atoms. The van der Waals surface area contributed by atoms with Crippen molar-refractivity contribution in [3.63, 3.8) is 0 Å². The van der Waals surface area contributed by atoms with Crippen molar-refractivity contribution in [3.05, 3.63) is 47.3 Å². The van der Waals surface area contributed by atoms with Crippen LogP contribution in [0.25, 0.3) is 11.5 Å². The molecule has 0 unspecified atom stereocenters. The van der Waals surface area contributed by atoms with Gasteiger partial charge in [0.2, 0.25) is 0 Å². The maximum Gasteiger partial charge on any atom is 0.322 e. The highest BCUT2D eigenvalue weighted by molar-refractivity contribution is 6.01. The van der Waals surface area contributed by atoms with Crippen molar-refractivity contribution >= 4 is 11.9 Å². The Morgan fingerprint density at radius 3 is 2.70 bits per heavy atom. The second-order valence-corrected chi connectivity index (χ2v) is 4.79. The Morgan fingerprint density at radius 1 is 1.26 bits per heavy atom. The fraction of sp³-hybridized carbons (Fsp3) is 0.143. The molecule has 2 aromatic heterocycles. The largest absolute Gasteiger partial charge is 0.403 e. The maximum absolute atomic E-state index is 13.7. The normalized spacial score (nSPS) is 10.8. The van der Waals surface area contributed by atoms with Crippen LogP contribution in [-0.4, -0.2) is 25.9 Å². The predicted molar refractivity (Wildman–Crippen MR) is 75.5 cm³/mol. The van der Waals surface area contributed by atoms with Gasteiger partial charge in [0.15, 0.2) is 5.69 Å². The summed E-state index contributed by atoms with van der Waals surface area (Å²) in [5.41, 5.74) is 0.917. The molecular formula is C14H11F2N5O2. The van der Waals surface area contributed by atoms with E-state index in [1.807, 2.05) is 0 Å². The minimum atomic E-state index is -0.841. The van der Waals surface area contributed by atoms with Gasteiger partial charge in [-0.3, -0.25) is 14.8 Å². The molecule has 0 spiro atoms. The highest BCUT2D eigenvalue weighted by Crippen LogP contribution is 2.23. The molecule has 3 rings (SSSR count). The van der Waals surface area contributed by atoms with Gasteiger partial charge in [0.1, 0.15) is 11.6 Å². The molecule has 0 aliphatic carbocycles. The standard InChI is InChI=1S/C14H11F2N5O2/c1-7-5-11(20-21(7)2)12(22)17-14-19-18-13(23-14)9-4-3-8(15)6-10(9)16/h3-6H,1-2H3,(H,17,19,22). The van der Waals surface area contributed by atoms with E-state index in [1.165, 1.54) is 6.07 Å². The van der Waals surface area contributed by atoms with Gasteiger partial charge in [-0.15, -0.1) is 5.10 Å². The van der Waals surface area contributed by atoms with Gasteiger partial charge in [-0.25, -0.2) is 8.78 Å². The Labute approximate surface area is 128 Å². The van der Waals surface area contributed by atoms with Gasteiger partial charge in [0, 0.05) is 18.8 Å². The van der Waals surface area contributed by atoms with Crippen LogP contribution in [0.3, 0.4) is 0 Å². The van der Waals surface area contributed by atoms with E-state index < -0.39 is 17.5 Å². The summed E-state index contributed by atoms with van der Waals surface area (Å²) in [6, 6.07) is 4.32. The number of benzene rings is 1. The molecule has 1 amide bonds. The summed E-state index contributed by atoms with van der Waals surface area (Å²) in [4.78, 5) is 12.0. The summed E-state index contributed by atoms with van der Waals surface area (Å²) in [5, 5.41) is 13.6. The molecule has 0 atom stereocenters. The third-order valence-corrected chi connectivity index (χ3v) is 3.15. The number of rotatable bonds is 3. The lowest BCUT2D eigenvalue weighted by Crippen LogP contribution is -2.13. The minimum Gasteiger partial charge on any atom is -0.403 e. The molecule has 1 N–H and O–H groups in total. The molecule has 3 aromatic rings. The van der Waals surface area contributed by atoms with Crippen LogP contribution in [0.1, 0.15) is 16.2 Å². The van der Waals surface area contributed by atoms with Crippen molar-refractivity contribution in [1.82, 2.24) is 20.0 Å². The highest BCUT2D eigenvalue weighted by Gasteiger charge is 2.17. The van der Waals surface area contributed by atoms with Crippen LogP contribution >= 0.6 is 0 Å². The number of aryl methyl sites for hydroxylation is 2. The van der Waals surface area contributed by atoms with E-state index in [-0.39, 0.29) is 23.2 Å². The SMILES string of the molecule is Cc1cc(C(=O)Nc2nnc(-c3ccc(F)cc3F)o2)nn1C. The smallest absolute Gasteiger partial charge is 0.322 e. The van der Waals surface area contributed by atoms with Gasteiger partial charge in [-0.2, -0.15) is 5.10 Å². The molecule has 0 radical (unpaired) electrons. The van der Waals surface area contributed by atoms with Crippen molar-refractivity contribution in [2.45, 2.75) is 6.92 Å². The zero-order valence-corrected chi connectivity index (χ0v) is 12.2. The number of carbonyl (C=O) groups excluding carboxylic acids is 1. The fourth-order valence-corrected chi connectivity index (χ4v) is 1.88. The van der Waals surface area contributed by atoms with E-state index in [1.54, 1.807) is 24.7 Å². The predicted octanol–water partition coefficient (Wildman–Crippen LogP) is 2.31. The number of halogens is 2. The first kappa shape index (κ1) is 14.8. The van der Waals surface area contributed by atoms with Crippen LogP contribution in [0.15, 0.2) is 28.7 Å². The summed E-state index contributed by atoms with van der Waals surface area (Å²) < 4.78 is 33.3. The highest BCUT2D eigenvalue weighted by atomic mass is 19.1. The lowest BCUT2D eigenvalue weighted by molar-refractivity contribution is 0.101. The van der Waals surface area contributed by atoms with Crippen LogP contribution in [0.4, 0.5) is 14.8 Å². The van der Waals surface area contributed by atoms with Gasteiger partial charge >= 0.3 is 6.01 Å². The minimum absolute atomic E-state index is 0.0620. The molecule has 0 aliphatic heterocycles. The van der Waals surface area contributed by atoms with Crippen molar-refractivity contribution in [3.8, 4) is 11.5 Å². The topological polar surface area (TPSA) is 85.8 Å². The van der Waals surface area contributed by atoms with Gasteiger partial charge in [0.25, 0.3) is 11.8 Å². The van der Waals surface area contributed by atoms with E-state index in [0.717, 1.165) is 11.8 Å². The fourth-order valence-electron chi connectivity index (χ4n) is 1.88. The lowest BCUT2D eigenvalue weighted by Gasteiger charge is -1.98. The van der Waals surface area contributed by atoms with E-state index >= 15 is 0 Å². The maximum atomic E-state index is 13.7. The zero-order chi connectivity index (χ0) is 16.6. The van der Waals surface area contributed by atoms with Gasteiger partial charge in [-0.05, 0) is 25.1 Å². The van der Waals surface area contributed by atoms with E-state index in [0.29, 0.717) is 6.07 Å². The Balaban J connectivity index is 1.80. The molecular weight excluding hydrogens is 308 g/mol. The molecule has 23 heavy (non-hydrogen) atoms. The first-order chi connectivity index (χ1) is 10.9. The zero-order valence-electron chi connectivity index (χ0n) is 12.2. The number of aromatic nitrogens is 4. The van der Waals surface area contributed by atoms with Crippen molar-refractivity contribution in [2.24, 2.45) is 7.05 Å².